The van der Waals surface area contributed by atoms with Crippen molar-refractivity contribution in [3.05, 3.63) is 0 Å². The molecule has 0 aromatic rings. The van der Waals surface area contributed by atoms with Gasteiger partial charge in [0.1, 0.15) is 5.88 Å². The summed E-state index contributed by atoms with van der Waals surface area (Å²) in [6, 6.07) is 0. The molecule has 1 heterocycles. The van der Waals surface area contributed by atoms with Gasteiger partial charge in [0.15, 0.2) is 0 Å². The highest BCUT2D eigenvalue weighted by molar-refractivity contribution is 6.27. The summed E-state index contributed by atoms with van der Waals surface area (Å²) in [5.41, 5.74) is 0. The maximum Gasteiger partial charge on any atom is 0.241 e. The Bertz CT molecular complexity index is 225. The van der Waals surface area contributed by atoms with Crippen LogP contribution in [0.1, 0.15) is 25.7 Å². The van der Waals surface area contributed by atoms with Crippen LogP contribution in [0.3, 0.4) is 0 Å². The molecule has 2 amide bonds. The Morgan fingerprint density at radius 1 is 1.13 bits per heavy atom. The van der Waals surface area contributed by atoms with Gasteiger partial charge in [0.05, 0.1) is 6.54 Å². The molecule has 0 bridgehead atoms. The number of hydrogen-bond acceptors (Lipinski definition) is 2. The average Bonchev–Trinajstić information content (AvgIpc) is 2.53. The second-order valence-corrected chi connectivity index (χ2v) is 3.97. The van der Waals surface area contributed by atoms with Gasteiger partial charge >= 0.3 is 0 Å². The molecule has 0 saturated carbocycles. The first kappa shape index (κ1) is 12.3. The number of carbonyl (C=O) groups is 2. The van der Waals surface area contributed by atoms with E-state index in [9.17, 15) is 9.59 Å². The van der Waals surface area contributed by atoms with Crippen LogP contribution in [0.4, 0.5) is 0 Å². The van der Waals surface area contributed by atoms with Gasteiger partial charge in [-0.05, 0) is 12.8 Å². The van der Waals surface area contributed by atoms with Gasteiger partial charge in [-0.15, -0.1) is 11.6 Å². The standard InChI is InChI=1S/C10H17ClN2O2/c11-7-9(14)12-8-10(15)13-5-3-1-2-4-6-13/h1-8H2,(H,12,14). The molecule has 0 aromatic carbocycles. The van der Waals surface area contributed by atoms with Gasteiger partial charge in [0, 0.05) is 13.1 Å². The lowest BCUT2D eigenvalue weighted by Gasteiger charge is -2.20. The number of halogens is 1. The van der Waals surface area contributed by atoms with E-state index in [2.05, 4.69) is 5.32 Å². The molecule has 1 rings (SSSR count). The van der Waals surface area contributed by atoms with Gasteiger partial charge < -0.3 is 10.2 Å². The van der Waals surface area contributed by atoms with Gasteiger partial charge in [-0.3, -0.25) is 9.59 Å². The molecular formula is C10H17ClN2O2. The molecule has 0 aliphatic carbocycles. The third kappa shape index (κ3) is 4.51. The van der Waals surface area contributed by atoms with Crippen LogP contribution in [0, 0.1) is 0 Å². The molecule has 0 atom stereocenters. The lowest BCUT2D eigenvalue weighted by molar-refractivity contribution is -0.132. The molecular weight excluding hydrogens is 216 g/mol. The number of likely N-dealkylation sites (tertiary alicyclic amines) is 1. The maximum absolute atomic E-state index is 11.6. The fourth-order valence-electron chi connectivity index (χ4n) is 1.65. The van der Waals surface area contributed by atoms with E-state index in [-0.39, 0.29) is 24.2 Å². The SMILES string of the molecule is O=C(CCl)NCC(=O)N1CCCCCC1. The Morgan fingerprint density at radius 2 is 1.73 bits per heavy atom. The summed E-state index contributed by atoms with van der Waals surface area (Å²) in [5, 5.41) is 2.49. The van der Waals surface area contributed by atoms with Crippen molar-refractivity contribution in [2.75, 3.05) is 25.5 Å². The molecule has 1 N–H and O–H groups in total. The summed E-state index contributed by atoms with van der Waals surface area (Å²) in [4.78, 5) is 24.3. The third-order valence-corrected chi connectivity index (χ3v) is 2.76. The van der Waals surface area contributed by atoms with Crippen molar-refractivity contribution in [1.82, 2.24) is 10.2 Å². The molecule has 0 unspecified atom stereocenters. The van der Waals surface area contributed by atoms with Gasteiger partial charge in [-0.1, -0.05) is 12.8 Å². The minimum absolute atomic E-state index is 0.00429. The summed E-state index contributed by atoms with van der Waals surface area (Å²) in [6.07, 6.45) is 4.51. The predicted octanol–water partition coefficient (Wildman–Crippen LogP) is 0.744. The van der Waals surface area contributed by atoms with Crippen molar-refractivity contribution < 1.29 is 9.59 Å². The first-order valence-corrected chi connectivity index (χ1v) is 5.88. The normalized spacial score (nSPS) is 17.0. The second kappa shape index (κ2) is 6.67. The Hall–Kier alpha value is -0.770. The van der Waals surface area contributed by atoms with Gasteiger partial charge in [0.25, 0.3) is 0 Å². The van der Waals surface area contributed by atoms with Gasteiger partial charge in [-0.2, -0.15) is 0 Å². The molecule has 1 aliphatic heterocycles. The van der Waals surface area contributed by atoms with E-state index in [0.29, 0.717) is 0 Å². The van der Waals surface area contributed by atoms with Crippen LogP contribution in [-0.2, 0) is 9.59 Å². The van der Waals surface area contributed by atoms with E-state index < -0.39 is 0 Å². The van der Waals surface area contributed by atoms with E-state index in [1.165, 1.54) is 12.8 Å². The zero-order valence-corrected chi connectivity index (χ0v) is 9.55. The van der Waals surface area contributed by atoms with E-state index >= 15 is 0 Å². The van der Waals surface area contributed by atoms with Crippen LogP contribution in [0.15, 0.2) is 0 Å². The lowest BCUT2D eigenvalue weighted by atomic mass is 10.2. The van der Waals surface area contributed by atoms with Crippen molar-refractivity contribution >= 4 is 23.4 Å². The van der Waals surface area contributed by atoms with E-state index in [4.69, 9.17) is 11.6 Å². The van der Waals surface area contributed by atoms with Crippen LogP contribution >= 0.6 is 11.6 Å². The predicted molar refractivity (Wildman–Crippen MR) is 58.8 cm³/mol. The largest absolute Gasteiger partial charge is 0.346 e. The smallest absolute Gasteiger partial charge is 0.241 e. The summed E-state index contributed by atoms with van der Waals surface area (Å²) in [6.45, 7) is 1.71. The third-order valence-electron chi connectivity index (χ3n) is 2.52. The lowest BCUT2D eigenvalue weighted by Crippen LogP contribution is -2.40. The minimum Gasteiger partial charge on any atom is -0.346 e. The topological polar surface area (TPSA) is 49.4 Å². The first-order chi connectivity index (χ1) is 7.24. The van der Waals surface area contributed by atoms with E-state index in [1.807, 2.05) is 4.90 Å². The first-order valence-electron chi connectivity index (χ1n) is 5.34. The number of carbonyl (C=O) groups excluding carboxylic acids is 2. The number of alkyl halides is 1. The van der Waals surface area contributed by atoms with Gasteiger partial charge in [-0.25, -0.2) is 0 Å². The van der Waals surface area contributed by atoms with Crippen molar-refractivity contribution in [3.8, 4) is 0 Å². The summed E-state index contributed by atoms with van der Waals surface area (Å²) >= 11 is 5.31. The fourth-order valence-corrected chi connectivity index (χ4v) is 1.75. The highest BCUT2D eigenvalue weighted by atomic mass is 35.5. The zero-order valence-electron chi connectivity index (χ0n) is 8.80. The second-order valence-electron chi connectivity index (χ2n) is 3.71. The fraction of sp³-hybridized carbons (Fsp3) is 0.800. The highest BCUT2D eigenvalue weighted by Crippen LogP contribution is 2.09. The molecule has 86 valence electrons. The molecule has 5 heteroatoms. The van der Waals surface area contributed by atoms with Crippen molar-refractivity contribution in [2.24, 2.45) is 0 Å². The molecule has 4 nitrogen and oxygen atoms in total. The molecule has 1 aliphatic rings. The molecule has 1 saturated heterocycles. The Morgan fingerprint density at radius 3 is 2.27 bits per heavy atom. The summed E-state index contributed by atoms with van der Waals surface area (Å²) in [7, 11) is 0. The van der Waals surface area contributed by atoms with E-state index in [1.54, 1.807) is 0 Å². The highest BCUT2D eigenvalue weighted by Gasteiger charge is 2.15. The molecule has 0 radical (unpaired) electrons. The van der Waals surface area contributed by atoms with Crippen LogP contribution in [-0.4, -0.2) is 42.2 Å². The van der Waals surface area contributed by atoms with Crippen molar-refractivity contribution in [1.29, 1.82) is 0 Å². The van der Waals surface area contributed by atoms with Gasteiger partial charge in [0.2, 0.25) is 11.8 Å². The Balaban J connectivity index is 2.28. The Labute approximate surface area is 95.0 Å². The minimum atomic E-state index is -0.292. The van der Waals surface area contributed by atoms with Crippen molar-refractivity contribution in [2.45, 2.75) is 25.7 Å². The average molecular weight is 233 g/mol. The maximum atomic E-state index is 11.6. The number of hydrogen-bond donors (Lipinski definition) is 1. The van der Waals surface area contributed by atoms with Crippen molar-refractivity contribution in [3.63, 3.8) is 0 Å². The monoisotopic (exact) mass is 232 g/mol. The molecule has 0 spiro atoms. The number of nitrogens with one attached hydrogen (secondary N) is 1. The van der Waals surface area contributed by atoms with E-state index in [0.717, 1.165) is 25.9 Å². The molecule has 1 fully saturated rings. The Kier molecular flexibility index (Phi) is 5.47. The van der Waals surface area contributed by atoms with Crippen LogP contribution in [0.2, 0.25) is 0 Å². The summed E-state index contributed by atoms with van der Waals surface area (Å²) in [5.74, 6) is -0.386. The number of nitrogens with zero attached hydrogens (tertiary/aromatic N) is 1. The molecule has 0 aromatic heterocycles. The van der Waals surface area contributed by atoms with Crippen LogP contribution in [0.5, 0.6) is 0 Å². The number of amides is 2. The van der Waals surface area contributed by atoms with Crippen LogP contribution < -0.4 is 5.32 Å². The molecule has 15 heavy (non-hydrogen) atoms. The van der Waals surface area contributed by atoms with Crippen LogP contribution in [0.25, 0.3) is 0 Å². The zero-order chi connectivity index (χ0) is 11.1. The number of rotatable bonds is 3. The summed E-state index contributed by atoms with van der Waals surface area (Å²) < 4.78 is 0. The quantitative estimate of drug-likeness (QED) is 0.730.